The Hall–Kier alpha value is -1.49. The number of ether oxygens (including phenoxy) is 3. The van der Waals surface area contributed by atoms with Gasteiger partial charge in [0.15, 0.2) is 0 Å². The van der Waals surface area contributed by atoms with Gasteiger partial charge in [0.05, 0.1) is 19.4 Å². The summed E-state index contributed by atoms with van der Waals surface area (Å²) in [6.45, 7) is 3.95. The van der Waals surface area contributed by atoms with E-state index in [1.165, 1.54) is 7.11 Å². The maximum Gasteiger partial charge on any atom is 0.240 e. The van der Waals surface area contributed by atoms with Gasteiger partial charge in [-0.3, -0.25) is 0 Å². The third-order valence-electron chi connectivity index (χ3n) is 2.18. The smallest absolute Gasteiger partial charge is 0.240 e. The van der Waals surface area contributed by atoms with E-state index in [-0.39, 0.29) is 0 Å². The largest absolute Gasteiger partial charge is 0.479 e. The molecule has 0 saturated carbocycles. The highest BCUT2D eigenvalue weighted by atomic mass is 16.5. The minimum Gasteiger partial charge on any atom is -0.479 e. The van der Waals surface area contributed by atoms with Crippen molar-refractivity contribution in [1.29, 1.82) is 0 Å². The number of hydrogen-bond donors (Lipinski definition) is 1. The molecule has 0 spiro atoms. The topological polar surface area (TPSA) is 66.6 Å². The molecule has 0 radical (unpaired) electrons. The molecule has 5 nitrogen and oxygen atoms in total. The second-order valence-electron chi connectivity index (χ2n) is 3.56. The van der Waals surface area contributed by atoms with E-state index in [0.717, 1.165) is 19.4 Å². The van der Waals surface area contributed by atoms with Crippen LogP contribution in [0, 0.1) is 0 Å². The zero-order valence-corrected chi connectivity index (χ0v) is 10.4. The van der Waals surface area contributed by atoms with Gasteiger partial charge in [0.2, 0.25) is 11.8 Å². The maximum atomic E-state index is 5.64. The van der Waals surface area contributed by atoms with Crippen molar-refractivity contribution < 1.29 is 14.2 Å². The summed E-state index contributed by atoms with van der Waals surface area (Å²) in [4.78, 5) is 4.10. The molecular weight excluding hydrogens is 220 g/mol. The van der Waals surface area contributed by atoms with Crippen LogP contribution in [0.25, 0.3) is 0 Å². The van der Waals surface area contributed by atoms with Crippen LogP contribution in [0.4, 0.5) is 5.69 Å². The predicted molar refractivity (Wildman–Crippen MR) is 66.4 cm³/mol. The number of rotatable bonds is 8. The fourth-order valence-corrected chi connectivity index (χ4v) is 1.23. The Morgan fingerprint density at radius 1 is 1.24 bits per heavy atom. The molecule has 17 heavy (non-hydrogen) atoms. The highest BCUT2D eigenvalue weighted by Crippen LogP contribution is 2.21. The molecule has 5 heteroatoms. The number of nitrogen functional groups attached to an aromatic ring is 1. The lowest BCUT2D eigenvalue weighted by atomic mass is 10.4. The van der Waals surface area contributed by atoms with Gasteiger partial charge in [-0.05, 0) is 12.5 Å². The second kappa shape index (κ2) is 7.73. The molecule has 0 bridgehead atoms. The average Bonchev–Trinajstić information content (AvgIpc) is 2.35. The van der Waals surface area contributed by atoms with Crippen molar-refractivity contribution in [3.8, 4) is 11.8 Å². The number of nitrogens with zero attached hydrogens (tertiary/aromatic N) is 1. The normalized spacial score (nSPS) is 10.2. The second-order valence-corrected chi connectivity index (χ2v) is 3.56. The van der Waals surface area contributed by atoms with Crippen molar-refractivity contribution in [3.05, 3.63) is 12.1 Å². The van der Waals surface area contributed by atoms with Crippen LogP contribution in [0.1, 0.15) is 19.8 Å². The summed E-state index contributed by atoms with van der Waals surface area (Å²) >= 11 is 0. The molecule has 0 amide bonds. The van der Waals surface area contributed by atoms with Crippen LogP contribution < -0.4 is 15.2 Å². The first-order valence-electron chi connectivity index (χ1n) is 5.79. The van der Waals surface area contributed by atoms with E-state index in [1.807, 2.05) is 0 Å². The minimum absolute atomic E-state index is 0.384. The van der Waals surface area contributed by atoms with Crippen molar-refractivity contribution in [1.82, 2.24) is 4.98 Å². The van der Waals surface area contributed by atoms with Crippen LogP contribution in [-0.4, -0.2) is 31.9 Å². The summed E-state index contributed by atoms with van der Waals surface area (Å²) in [6, 6.07) is 3.42. The fraction of sp³-hybridized carbons (Fsp3) is 0.583. The number of aromatic nitrogens is 1. The SMILES string of the molecule is CCCCOCCOc1ccc(N)c(OC)n1. The summed E-state index contributed by atoms with van der Waals surface area (Å²) in [6.07, 6.45) is 2.21. The van der Waals surface area contributed by atoms with Crippen molar-refractivity contribution in [2.24, 2.45) is 0 Å². The van der Waals surface area contributed by atoms with E-state index in [1.54, 1.807) is 12.1 Å². The van der Waals surface area contributed by atoms with Crippen LogP contribution >= 0.6 is 0 Å². The van der Waals surface area contributed by atoms with Crippen LogP contribution in [0.3, 0.4) is 0 Å². The fourth-order valence-electron chi connectivity index (χ4n) is 1.23. The summed E-state index contributed by atoms with van der Waals surface area (Å²) in [5, 5.41) is 0. The van der Waals surface area contributed by atoms with E-state index in [4.69, 9.17) is 19.9 Å². The minimum atomic E-state index is 0.384. The maximum absolute atomic E-state index is 5.64. The van der Waals surface area contributed by atoms with Crippen molar-refractivity contribution in [2.75, 3.05) is 32.7 Å². The number of unbranched alkanes of at least 4 members (excludes halogenated alkanes) is 1. The standard InChI is InChI=1S/C12H20N2O3/c1-3-4-7-16-8-9-17-11-6-5-10(13)12(14-11)15-2/h5-6H,3-4,7-9,13H2,1-2H3. The van der Waals surface area contributed by atoms with E-state index in [0.29, 0.717) is 30.7 Å². The van der Waals surface area contributed by atoms with E-state index in [2.05, 4.69) is 11.9 Å². The Morgan fingerprint density at radius 2 is 2.06 bits per heavy atom. The molecule has 0 aliphatic heterocycles. The molecule has 0 aliphatic carbocycles. The van der Waals surface area contributed by atoms with E-state index >= 15 is 0 Å². The molecule has 96 valence electrons. The molecule has 1 aromatic heterocycles. The molecule has 0 aromatic carbocycles. The van der Waals surface area contributed by atoms with Crippen LogP contribution in [0.5, 0.6) is 11.8 Å². The van der Waals surface area contributed by atoms with Crippen molar-refractivity contribution >= 4 is 5.69 Å². The van der Waals surface area contributed by atoms with Crippen LogP contribution in [0.2, 0.25) is 0 Å². The van der Waals surface area contributed by atoms with Gasteiger partial charge in [0.1, 0.15) is 6.61 Å². The molecule has 0 fully saturated rings. The molecule has 0 aliphatic rings. The molecule has 0 unspecified atom stereocenters. The molecular formula is C12H20N2O3. The summed E-state index contributed by atoms with van der Waals surface area (Å²) in [7, 11) is 1.52. The lowest BCUT2D eigenvalue weighted by Gasteiger charge is -2.08. The van der Waals surface area contributed by atoms with Crippen molar-refractivity contribution in [3.63, 3.8) is 0 Å². The van der Waals surface area contributed by atoms with Gasteiger partial charge in [-0.15, -0.1) is 0 Å². The quantitative estimate of drug-likeness (QED) is 0.703. The summed E-state index contributed by atoms with van der Waals surface area (Å²) in [5.41, 5.74) is 6.14. The molecule has 1 aromatic rings. The molecule has 0 atom stereocenters. The average molecular weight is 240 g/mol. The van der Waals surface area contributed by atoms with Gasteiger partial charge in [-0.2, -0.15) is 4.98 Å². The van der Waals surface area contributed by atoms with E-state index < -0.39 is 0 Å². The first-order chi connectivity index (χ1) is 8.27. The highest BCUT2D eigenvalue weighted by Gasteiger charge is 2.03. The number of methoxy groups -OCH3 is 1. The summed E-state index contributed by atoms with van der Waals surface area (Å²) < 4.78 is 15.8. The monoisotopic (exact) mass is 240 g/mol. The Labute approximate surface area is 102 Å². The Kier molecular flexibility index (Phi) is 6.17. The van der Waals surface area contributed by atoms with Gasteiger partial charge in [0.25, 0.3) is 0 Å². The number of nitrogens with two attached hydrogens (primary N) is 1. The lowest BCUT2D eigenvalue weighted by Crippen LogP contribution is -2.08. The third-order valence-corrected chi connectivity index (χ3v) is 2.18. The first kappa shape index (κ1) is 13.6. The molecule has 0 saturated heterocycles. The zero-order chi connectivity index (χ0) is 12.5. The van der Waals surface area contributed by atoms with Gasteiger partial charge >= 0.3 is 0 Å². The van der Waals surface area contributed by atoms with Crippen LogP contribution in [-0.2, 0) is 4.74 Å². The number of pyridine rings is 1. The van der Waals surface area contributed by atoms with Gasteiger partial charge in [-0.1, -0.05) is 13.3 Å². The third kappa shape index (κ3) is 4.91. The summed E-state index contributed by atoms with van der Waals surface area (Å²) in [5.74, 6) is 0.879. The number of hydrogen-bond acceptors (Lipinski definition) is 5. The Balaban J connectivity index is 2.27. The first-order valence-corrected chi connectivity index (χ1v) is 5.79. The van der Waals surface area contributed by atoms with Crippen molar-refractivity contribution in [2.45, 2.75) is 19.8 Å². The Morgan fingerprint density at radius 3 is 2.76 bits per heavy atom. The Bertz CT molecular complexity index is 332. The van der Waals surface area contributed by atoms with E-state index in [9.17, 15) is 0 Å². The molecule has 1 heterocycles. The zero-order valence-electron chi connectivity index (χ0n) is 10.4. The molecule has 1 rings (SSSR count). The van der Waals surface area contributed by atoms with Gasteiger partial charge < -0.3 is 19.9 Å². The van der Waals surface area contributed by atoms with Crippen LogP contribution in [0.15, 0.2) is 12.1 Å². The highest BCUT2D eigenvalue weighted by molar-refractivity contribution is 5.49. The van der Waals surface area contributed by atoms with Gasteiger partial charge in [0, 0.05) is 12.7 Å². The predicted octanol–water partition coefficient (Wildman–Crippen LogP) is 1.87. The number of anilines is 1. The lowest BCUT2D eigenvalue weighted by molar-refractivity contribution is 0.0963. The molecule has 2 N–H and O–H groups in total. The van der Waals surface area contributed by atoms with Gasteiger partial charge in [-0.25, -0.2) is 0 Å².